The Bertz CT molecular complexity index is 1260. The minimum absolute atomic E-state index is 0.0163. The second-order valence-corrected chi connectivity index (χ2v) is 8.33. The summed E-state index contributed by atoms with van der Waals surface area (Å²) in [5.41, 5.74) is 0.0447. The van der Waals surface area contributed by atoms with Crippen LogP contribution in [0.25, 0.3) is 11.0 Å². The van der Waals surface area contributed by atoms with E-state index in [1.807, 2.05) is 24.3 Å². The maximum Gasteiger partial charge on any atom is 0.201 e. The molecule has 5 nitrogen and oxygen atoms in total. The zero-order valence-corrected chi connectivity index (χ0v) is 18.8. The van der Waals surface area contributed by atoms with E-state index in [0.717, 1.165) is 47.9 Å². The number of benzene rings is 2. The van der Waals surface area contributed by atoms with Gasteiger partial charge in [-0.1, -0.05) is 19.8 Å². The molecule has 2 aromatic heterocycles. The summed E-state index contributed by atoms with van der Waals surface area (Å²) in [7, 11) is 0. The van der Waals surface area contributed by atoms with Crippen molar-refractivity contribution in [1.82, 2.24) is 9.97 Å². The van der Waals surface area contributed by atoms with Gasteiger partial charge in [0.2, 0.25) is 5.78 Å². The van der Waals surface area contributed by atoms with Crippen molar-refractivity contribution >= 4 is 34.5 Å². The lowest BCUT2D eigenvalue weighted by molar-refractivity contribution is 0.103. The van der Waals surface area contributed by atoms with Crippen LogP contribution in [0.1, 0.15) is 42.1 Å². The van der Waals surface area contributed by atoms with Crippen LogP contribution >= 0.6 is 11.9 Å². The third-order valence-corrected chi connectivity index (χ3v) is 5.96. The molecule has 0 saturated carbocycles. The first-order valence-electron chi connectivity index (χ1n) is 10.7. The quantitative estimate of drug-likeness (QED) is 0.153. The summed E-state index contributed by atoms with van der Waals surface area (Å²) in [6.45, 7) is 2.81. The lowest BCUT2D eigenvalue weighted by Gasteiger charge is -2.11. The van der Waals surface area contributed by atoms with Crippen molar-refractivity contribution in [1.29, 1.82) is 0 Å². The number of unbranched alkanes of at least 4 members (excludes halogenated alkanes) is 2. The monoisotopic (exact) mass is 467 g/mol. The van der Waals surface area contributed by atoms with Crippen molar-refractivity contribution in [2.24, 2.45) is 0 Å². The molecule has 4 rings (SSSR count). The number of nitrogens with zero attached hydrogens (tertiary/aromatic N) is 1. The molecule has 33 heavy (non-hydrogen) atoms. The predicted molar refractivity (Wildman–Crippen MR) is 127 cm³/mol. The van der Waals surface area contributed by atoms with Crippen LogP contribution in [-0.4, -0.2) is 22.4 Å². The Morgan fingerprint density at radius 2 is 1.94 bits per heavy atom. The Morgan fingerprint density at radius 1 is 1.12 bits per heavy atom. The number of ketones is 1. The molecule has 0 atom stereocenters. The Balaban J connectivity index is 1.47. The molecule has 0 aliphatic heterocycles. The fourth-order valence-corrected chi connectivity index (χ4v) is 4.04. The Hall–Kier alpha value is -3.39. The molecule has 170 valence electrons. The molecule has 0 aliphatic carbocycles. The largest absolute Gasteiger partial charge is 0.494 e. The molecule has 0 saturated heterocycles. The van der Waals surface area contributed by atoms with E-state index in [4.69, 9.17) is 4.74 Å². The normalized spacial score (nSPS) is 11.0. The molecule has 2 N–H and O–H groups in total. The second-order valence-electron chi connectivity index (χ2n) is 7.45. The van der Waals surface area contributed by atoms with Gasteiger partial charge >= 0.3 is 0 Å². The van der Waals surface area contributed by atoms with Gasteiger partial charge in [-0.2, -0.15) is 0 Å². The van der Waals surface area contributed by atoms with E-state index < -0.39 is 23.0 Å². The minimum atomic E-state index is -0.943. The molecule has 2 aromatic carbocycles. The third-order valence-electron chi connectivity index (χ3n) is 5.13. The number of hydrogen-bond donors (Lipinski definition) is 2. The molecule has 0 aliphatic rings. The molecule has 0 spiro atoms. The number of rotatable bonds is 10. The number of aromatic amines is 1. The van der Waals surface area contributed by atoms with Crippen molar-refractivity contribution in [2.75, 3.05) is 11.3 Å². The van der Waals surface area contributed by atoms with Crippen molar-refractivity contribution in [3.05, 3.63) is 83.7 Å². The fourth-order valence-electron chi connectivity index (χ4n) is 3.38. The van der Waals surface area contributed by atoms with Crippen molar-refractivity contribution < 1.29 is 18.3 Å². The van der Waals surface area contributed by atoms with Gasteiger partial charge in [0.15, 0.2) is 5.82 Å². The Kier molecular flexibility index (Phi) is 7.24. The average Bonchev–Trinajstić information content (AvgIpc) is 3.26. The summed E-state index contributed by atoms with van der Waals surface area (Å²) < 4.78 is 38.2. The molecule has 0 amide bonds. The molecule has 0 bridgehead atoms. The zero-order chi connectivity index (χ0) is 23.2. The van der Waals surface area contributed by atoms with Crippen LogP contribution in [0.5, 0.6) is 5.75 Å². The van der Waals surface area contributed by atoms with Crippen molar-refractivity contribution in [3.8, 4) is 5.75 Å². The van der Waals surface area contributed by atoms with E-state index in [1.165, 1.54) is 12.3 Å². The number of halogens is 2. The maximum absolute atomic E-state index is 15.2. The molecular formula is C25H23F2N3O2S. The van der Waals surface area contributed by atoms with Crippen LogP contribution in [0, 0.1) is 11.6 Å². The molecule has 0 fully saturated rings. The number of H-pyrrole nitrogens is 1. The van der Waals surface area contributed by atoms with Crippen LogP contribution in [-0.2, 0) is 0 Å². The van der Waals surface area contributed by atoms with Crippen LogP contribution < -0.4 is 9.46 Å². The van der Waals surface area contributed by atoms with E-state index in [2.05, 4.69) is 21.6 Å². The number of nitrogens with one attached hydrogen (secondary N) is 2. The summed E-state index contributed by atoms with van der Waals surface area (Å²) >= 11 is 1.16. The number of carbonyl (C=O) groups excluding carboxylic acids is 1. The fraction of sp³-hybridized carbons (Fsp3) is 0.200. The molecule has 0 unspecified atom stereocenters. The second kappa shape index (κ2) is 10.5. The van der Waals surface area contributed by atoms with Crippen LogP contribution in [0.2, 0.25) is 0 Å². The lowest BCUT2D eigenvalue weighted by atomic mass is 10.0. The molecule has 0 radical (unpaired) electrons. The van der Waals surface area contributed by atoms with Gasteiger partial charge in [-0.25, -0.2) is 13.8 Å². The first kappa shape index (κ1) is 22.8. The maximum atomic E-state index is 15.2. The smallest absolute Gasteiger partial charge is 0.201 e. The molecule has 8 heteroatoms. The number of aromatic nitrogens is 2. The standard InChI is InChI=1S/C25H23F2N3O2S/c1-2-3-4-14-32-16-7-9-17(10-8-16)33-30-21-12-11-20(26)22(23(21)27)24(31)19-15-29-25-18(19)6-5-13-28-25/h5-13,15,30H,2-4,14H2,1H3,(H,28,29). The van der Waals surface area contributed by atoms with Gasteiger partial charge in [0, 0.05) is 28.2 Å². The number of ether oxygens (including phenoxy) is 1. The SMILES string of the molecule is CCCCCOc1ccc(SNc2ccc(F)c(C(=O)c3c[nH]c4ncccc34)c2F)cc1. The highest BCUT2D eigenvalue weighted by molar-refractivity contribution is 8.00. The van der Waals surface area contributed by atoms with Gasteiger partial charge in [-0.15, -0.1) is 0 Å². The summed E-state index contributed by atoms with van der Waals surface area (Å²) in [5.74, 6) is -1.84. The molecule has 2 heterocycles. The Labute approximate surface area is 194 Å². The highest BCUT2D eigenvalue weighted by atomic mass is 32.2. The van der Waals surface area contributed by atoms with E-state index in [0.29, 0.717) is 17.6 Å². The van der Waals surface area contributed by atoms with Crippen molar-refractivity contribution in [2.45, 2.75) is 31.1 Å². The first-order chi connectivity index (χ1) is 16.1. The number of anilines is 1. The zero-order valence-electron chi connectivity index (χ0n) is 18.0. The highest BCUT2D eigenvalue weighted by Gasteiger charge is 2.24. The summed E-state index contributed by atoms with van der Waals surface area (Å²) in [4.78, 5) is 20.8. The van der Waals surface area contributed by atoms with Gasteiger partial charge in [0.25, 0.3) is 0 Å². The third kappa shape index (κ3) is 5.17. The van der Waals surface area contributed by atoms with Gasteiger partial charge in [-0.3, -0.25) is 4.79 Å². The predicted octanol–water partition coefficient (Wildman–Crippen LogP) is 6.76. The van der Waals surface area contributed by atoms with Gasteiger partial charge < -0.3 is 14.4 Å². The number of hydrogen-bond acceptors (Lipinski definition) is 5. The van der Waals surface area contributed by atoms with Crippen LogP contribution in [0.4, 0.5) is 14.5 Å². The minimum Gasteiger partial charge on any atom is -0.494 e. The first-order valence-corrected chi connectivity index (χ1v) is 11.5. The van der Waals surface area contributed by atoms with Crippen molar-refractivity contribution in [3.63, 3.8) is 0 Å². The summed E-state index contributed by atoms with van der Waals surface area (Å²) in [6, 6.07) is 13.1. The van der Waals surface area contributed by atoms with Gasteiger partial charge in [-0.05, 0) is 66.9 Å². The average molecular weight is 468 g/mol. The number of fused-ring (bicyclic) bond motifs is 1. The van der Waals surface area contributed by atoms with E-state index in [-0.39, 0.29) is 11.3 Å². The summed E-state index contributed by atoms with van der Waals surface area (Å²) in [6.07, 6.45) is 6.26. The number of pyridine rings is 1. The van der Waals surface area contributed by atoms with Gasteiger partial charge in [0.1, 0.15) is 17.2 Å². The topological polar surface area (TPSA) is 67.0 Å². The molecular weight excluding hydrogens is 444 g/mol. The Morgan fingerprint density at radius 3 is 2.73 bits per heavy atom. The lowest BCUT2D eigenvalue weighted by Crippen LogP contribution is -2.09. The van der Waals surface area contributed by atoms with E-state index in [9.17, 15) is 9.18 Å². The number of carbonyl (C=O) groups is 1. The summed E-state index contributed by atoms with van der Waals surface area (Å²) in [5, 5.41) is 0.506. The highest BCUT2D eigenvalue weighted by Crippen LogP contribution is 2.30. The van der Waals surface area contributed by atoms with Crippen LogP contribution in [0.3, 0.4) is 0 Å². The van der Waals surface area contributed by atoms with E-state index >= 15 is 4.39 Å². The molecule has 4 aromatic rings. The van der Waals surface area contributed by atoms with Crippen LogP contribution in [0.15, 0.2) is 65.8 Å². The van der Waals surface area contributed by atoms with Gasteiger partial charge in [0.05, 0.1) is 17.9 Å². The van der Waals surface area contributed by atoms with E-state index in [1.54, 1.807) is 18.3 Å².